The van der Waals surface area contributed by atoms with Crippen LogP contribution in [0.25, 0.3) is 10.8 Å². The van der Waals surface area contributed by atoms with Crippen molar-refractivity contribution in [2.45, 2.75) is 65.3 Å². The number of aliphatic hydroxyl groups is 1. The third-order valence-electron chi connectivity index (χ3n) is 8.76. The van der Waals surface area contributed by atoms with Crippen LogP contribution in [0.5, 0.6) is 0 Å². The molecular weight excluding hydrogens is 628 g/mol. The van der Waals surface area contributed by atoms with E-state index in [1.807, 2.05) is 67.8 Å². The first-order valence-electron chi connectivity index (χ1n) is 17.5. The molecule has 2 aromatic heterocycles. The lowest BCUT2D eigenvalue weighted by molar-refractivity contribution is -0.123. The summed E-state index contributed by atoms with van der Waals surface area (Å²) in [6.45, 7) is 10.3. The van der Waals surface area contributed by atoms with E-state index in [9.17, 15) is 14.7 Å². The number of H-pyrrole nitrogens is 2. The lowest BCUT2D eigenvalue weighted by Gasteiger charge is -2.26. The summed E-state index contributed by atoms with van der Waals surface area (Å²) in [5.74, 6) is 1.64. The number of hydrogen-bond donors (Lipinski definition) is 5. The summed E-state index contributed by atoms with van der Waals surface area (Å²) in [5, 5.41) is 18.0. The van der Waals surface area contributed by atoms with Crippen molar-refractivity contribution in [1.82, 2.24) is 40.4 Å². The Morgan fingerprint density at radius 1 is 0.800 bits per heavy atom. The number of carbonyl (C=O) groups is 2. The highest BCUT2D eigenvalue weighted by Gasteiger charge is 2.24. The maximum atomic E-state index is 13.8. The molecule has 264 valence electrons. The Morgan fingerprint density at radius 2 is 1.48 bits per heavy atom. The number of aromatic amines is 2. The lowest BCUT2D eigenvalue weighted by atomic mass is 9.99. The van der Waals surface area contributed by atoms with Crippen LogP contribution in [0.2, 0.25) is 0 Å². The number of imidazole rings is 2. The normalized spacial score (nSPS) is 12.9. The molecule has 11 nitrogen and oxygen atoms in total. The molecule has 3 aromatic carbocycles. The van der Waals surface area contributed by atoms with Crippen molar-refractivity contribution in [3.05, 3.63) is 120 Å². The predicted octanol–water partition coefficient (Wildman–Crippen LogP) is 5.19. The zero-order chi connectivity index (χ0) is 35.3. The Balaban J connectivity index is 1.27. The number of fused-ring (bicyclic) bond motifs is 1. The van der Waals surface area contributed by atoms with Crippen LogP contribution in [-0.4, -0.2) is 78.9 Å². The average molecular weight is 679 g/mol. The van der Waals surface area contributed by atoms with E-state index < -0.39 is 6.04 Å². The van der Waals surface area contributed by atoms with Gasteiger partial charge in [0.05, 0.1) is 25.7 Å². The zero-order valence-corrected chi connectivity index (χ0v) is 29.3. The van der Waals surface area contributed by atoms with Gasteiger partial charge in [-0.15, -0.1) is 0 Å². The fraction of sp³-hybridized carbons (Fsp3) is 0.385. The maximum absolute atomic E-state index is 13.8. The molecule has 0 aliphatic heterocycles. The van der Waals surface area contributed by atoms with E-state index in [0.29, 0.717) is 50.5 Å². The Hall–Kier alpha value is -4.84. The summed E-state index contributed by atoms with van der Waals surface area (Å²) in [5.41, 5.74) is 2.54. The lowest BCUT2D eigenvalue weighted by Crippen LogP contribution is -2.47. The molecular formula is C39H50N8O3. The first-order valence-corrected chi connectivity index (χ1v) is 17.5. The van der Waals surface area contributed by atoms with Crippen LogP contribution in [0, 0.1) is 5.92 Å². The maximum Gasteiger partial charge on any atom is 0.251 e. The summed E-state index contributed by atoms with van der Waals surface area (Å²) in [6, 6.07) is 20.7. The van der Waals surface area contributed by atoms with Gasteiger partial charge in [-0.1, -0.05) is 68.4 Å². The third-order valence-corrected chi connectivity index (χ3v) is 8.76. The summed E-state index contributed by atoms with van der Waals surface area (Å²) < 4.78 is 0. The van der Waals surface area contributed by atoms with Gasteiger partial charge >= 0.3 is 0 Å². The molecule has 2 atom stereocenters. The third kappa shape index (κ3) is 10.6. The second kappa shape index (κ2) is 18.2. The molecule has 11 heteroatoms. The number of amides is 2. The fourth-order valence-electron chi connectivity index (χ4n) is 6.38. The molecule has 2 amide bonds. The van der Waals surface area contributed by atoms with E-state index in [-0.39, 0.29) is 24.5 Å². The smallest absolute Gasteiger partial charge is 0.251 e. The standard InChI is InChI=1S/C39H50N8O3/c1-28(2)24-46(22-23-48)21-7-12-35(39(50)44-29(3)33-11-6-9-31-8-4-5-10-34(31)33)45-38(49)32-15-13-30(14-16-32)25-47(26-36-40-17-18-41-36)27-37-42-19-20-43-37/h4-6,8-11,13-20,28-29,35,48H,7,12,21-27H2,1-3H3,(H,40,41)(H,42,43)(H,44,50)(H,45,49)/t29-,35-/m0/s1. The quantitative estimate of drug-likeness (QED) is 0.0809. The monoisotopic (exact) mass is 678 g/mol. The highest BCUT2D eigenvalue weighted by molar-refractivity contribution is 5.97. The molecule has 5 rings (SSSR count). The second-order valence-electron chi connectivity index (χ2n) is 13.3. The molecule has 0 fully saturated rings. The number of aromatic nitrogens is 4. The van der Waals surface area contributed by atoms with Crippen LogP contribution in [-0.2, 0) is 24.4 Å². The zero-order valence-electron chi connectivity index (χ0n) is 29.3. The Bertz CT molecular complexity index is 1710. The molecule has 2 heterocycles. The first-order chi connectivity index (χ1) is 24.3. The Kier molecular flexibility index (Phi) is 13.3. The minimum atomic E-state index is -0.730. The van der Waals surface area contributed by atoms with E-state index in [4.69, 9.17) is 0 Å². The number of rotatable bonds is 19. The largest absolute Gasteiger partial charge is 0.395 e. The van der Waals surface area contributed by atoms with Crippen LogP contribution in [0.4, 0.5) is 0 Å². The second-order valence-corrected chi connectivity index (χ2v) is 13.3. The van der Waals surface area contributed by atoms with Crippen LogP contribution >= 0.6 is 0 Å². The molecule has 0 saturated heterocycles. The summed E-state index contributed by atoms with van der Waals surface area (Å²) in [6.07, 6.45) is 8.25. The van der Waals surface area contributed by atoms with Crippen molar-refractivity contribution in [1.29, 1.82) is 0 Å². The van der Waals surface area contributed by atoms with Crippen LogP contribution < -0.4 is 10.6 Å². The molecule has 5 aromatic rings. The number of nitrogens with one attached hydrogen (secondary N) is 4. The fourth-order valence-corrected chi connectivity index (χ4v) is 6.38. The number of nitrogens with zero attached hydrogens (tertiary/aromatic N) is 4. The van der Waals surface area contributed by atoms with E-state index in [2.05, 4.69) is 72.4 Å². The summed E-state index contributed by atoms with van der Waals surface area (Å²) in [7, 11) is 0. The molecule has 0 aliphatic rings. The molecule has 0 radical (unpaired) electrons. The Morgan fingerprint density at radius 3 is 2.12 bits per heavy atom. The van der Waals surface area contributed by atoms with Crippen molar-refractivity contribution < 1.29 is 14.7 Å². The molecule has 50 heavy (non-hydrogen) atoms. The van der Waals surface area contributed by atoms with Gasteiger partial charge in [0.1, 0.15) is 17.7 Å². The van der Waals surface area contributed by atoms with Gasteiger partial charge in [-0.2, -0.15) is 0 Å². The topological polar surface area (TPSA) is 142 Å². The van der Waals surface area contributed by atoms with Gasteiger partial charge in [-0.3, -0.25) is 14.5 Å². The first kappa shape index (κ1) is 36.4. The summed E-state index contributed by atoms with van der Waals surface area (Å²) >= 11 is 0. The van der Waals surface area contributed by atoms with Crippen LogP contribution in [0.1, 0.15) is 72.8 Å². The van der Waals surface area contributed by atoms with Crippen molar-refractivity contribution in [2.24, 2.45) is 5.92 Å². The van der Waals surface area contributed by atoms with Gasteiger partial charge in [0.2, 0.25) is 5.91 Å². The number of hydrogen-bond acceptors (Lipinski definition) is 7. The van der Waals surface area contributed by atoms with Crippen LogP contribution in [0.15, 0.2) is 91.5 Å². The van der Waals surface area contributed by atoms with E-state index in [0.717, 1.165) is 46.6 Å². The van der Waals surface area contributed by atoms with Gasteiger partial charge in [-0.25, -0.2) is 9.97 Å². The Labute approximate surface area is 294 Å². The minimum absolute atomic E-state index is 0.0787. The van der Waals surface area contributed by atoms with Crippen molar-refractivity contribution in [3.63, 3.8) is 0 Å². The van der Waals surface area contributed by atoms with Gasteiger partial charge in [-0.05, 0) is 66.3 Å². The molecule has 5 N–H and O–H groups in total. The highest BCUT2D eigenvalue weighted by Crippen LogP contribution is 2.24. The molecule has 0 bridgehead atoms. The van der Waals surface area contributed by atoms with Gasteiger partial charge in [0.25, 0.3) is 5.91 Å². The predicted molar refractivity (Wildman–Crippen MR) is 196 cm³/mol. The van der Waals surface area contributed by atoms with Crippen LogP contribution in [0.3, 0.4) is 0 Å². The van der Waals surface area contributed by atoms with E-state index >= 15 is 0 Å². The number of benzene rings is 3. The van der Waals surface area contributed by atoms with Crippen molar-refractivity contribution in [3.8, 4) is 0 Å². The molecule has 0 aliphatic carbocycles. The van der Waals surface area contributed by atoms with Gasteiger partial charge in [0, 0.05) is 50.0 Å². The minimum Gasteiger partial charge on any atom is -0.395 e. The molecule has 0 saturated carbocycles. The molecule has 0 unspecified atom stereocenters. The number of aliphatic hydroxyl groups excluding tert-OH is 1. The van der Waals surface area contributed by atoms with Crippen molar-refractivity contribution in [2.75, 3.05) is 26.2 Å². The summed E-state index contributed by atoms with van der Waals surface area (Å²) in [4.78, 5) is 47.0. The van der Waals surface area contributed by atoms with E-state index in [1.165, 1.54) is 0 Å². The van der Waals surface area contributed by atoms with Gasteiger partial charge < -0.3 is 30.6 Å². The SMILES string of the molecule is CC(C)CN(CCO)CCC[C@H](NC(=O)c1ccc(CN(Cc2ncc[nH]2)Cc2ncc[nH]2)cc1)C(=O)N[C@@H](C)c1cccc2ccccc12. The van der Waals surface area contributed by atoms with E-state index in [1.54, 1.807) is 12.4 Å². The van der Waals surface area contributed by atoms with Crippen molar-refractivity contribution >= 4 is 22.6 Å². The highest BCUT2D eigenvalue weighted by atomic mass is 16.3. The van der Waals surface area contributed by atoms with Gasteiger partial charge in [0.15, 0.2) is 0 Å². The average Bonchev–Trinajstić information content (AvgIpc) is 3.82. The molecule has 0 spiro atoms. The number of carbonyl (C=O) groups excluding carboxylic acids is 2.